The molecular formula is C21H22N2O4S2. The lowest BCUT2D eigenvalue weighted by Crippen LogP contribution is -2.23. The molecule has 0 atom stereocenters. The van der Waals surface area contributed by atoms with Crippen LogP contribution in [0, 0.1) is 13.8 Å². The Hall–Kier alpha value is -2.58. The summed E-state index contributed by atoms with van der Waals surface area (Å²) in [6.45, 7) is 7.98. The fraction of sp³-hybridized carbons (Fsp3) is 0.286. The zero-order valence-electron chi connectivity index (χ0n) is 16.8. The molecule has 0 aliphatic rings. The van der Waals surface area contributed by atoms with Gasteiger partial charge in [-0.25, -0.2) is 4.98 Å². The van der Waals surface area contributed by atoms with E-state index in [4.69, 9.17) is 9.47 Å². The number of ether oxygens (including phenoxy) is 2. The van der Waals surface area contributed by atoms with Gasteiger partial charge >= 0.3 is 0 Å². The molecule has 3 aromatic rings. The van der Waals surface area contributed by atoms with Crippen LogP contribution in [0.1, 0.15) is 20.8 Å². The molecule has 152 valence electrons. The van der Waals surface area contributed by atoms with Crippen LogP contribution in [0.15, 0.2) is 40.8 Å². The van der Waals surface area contributed by atoms with Crippen molar-refractivity contribution in [2.45, 2.75) is 25.5 Å². The lowest BCUT2D eigenvalue weighted by atomic mass is 10.1. The summed E-state index contributed by atoms with van der Waals surface area (Å²) in [5.41, 5.74) is 1.28. The van der Waals surface area contributed by atoms with E-state index in [2.05, 4.69) is 11.6 Å². The number of benzene rings is 1. The highest BCUT2D eigenvalue weighted by Crippen LogP contribution is 2.30. The number of carbonyl (C=O) groups excluding carboxylic acids is 1. The lowest BCUT2D eigenvalue weighted by molar-refractivity contribution is 0.101. The minimum Gasteiger partial charge on any atom is -0.497 e. The van der Waals surface area contributed by atoms with Crippen LogP contribution < -0.4 is 15.0 Å². The number of ketones is 1. The first-order valence-corrected chi connectivity index (χ1v) is 10.7. The van der Waals surface area contributed by atoms with E-state index in [1.165, 1.54) is 30.2 Å². The van der Waals surface area contributed by atoms with Crippen LogP contribution in [0.5, 0.6) is 11.5 Å². The average molecular weight is 431 g/mol. The molecule has 3 rings (SSSR count). The van der Waals surface area contributed by atoms with Gasteiger partial charge in [0.2, 0.25) is 0 Å². The summed E-state index contributed by atoms with van der Waals surface area (Å²) in [6.07, 6.45) is 1.65. The molecule has 0 saturated heterocycles. The normalized spacial score (nSPS) is 10.9. The predicted octanol–water partition coefficient (Wildman–Crippen LogP) is 4.25. The van der Waals surface area contributed by atoms with Crippen molar-refractivity contribution in [1.82, 2.24) is 9.55 Å². The fourth-order valence-corrected chi connectivity index (χ4v) is 4.91. The number of methoxy groups -OCH3 is 2. The number of aromatic nitrogens is 2. The van der Waals surface area contributed by atoms with E-state index in [9.17, 15) is 9.59 Å². The molecule has 0 fully saturated rings. The number of fused-ring (bicyclic) bond motifs is 1. The second-order valence-electron chi connectivity index (χ2n) is 6.34. The largest absolute Gasteiger partial charge is 0.497 e. The Morgan fingerprint density at radius 3 is 2.72 bits per heavy atom. The number of allylic oxidation sites excluding steroid dienone is 1. The number of aryl methyl sites for hydroxylation is 2. The van der Waals surface area contributed by atoms with Gasteiger partial charge in [0.1, 0.15) is 16.3 Å². The zero-order valence-corrected chi connectivity index (χ0v) is 18.4. The summed E-state index contributed by atoms with van der Waals surface area (Å²) < 4.78 is 12.1. The summed E-state index contributed by atoms with van der Waals surface area (Å²) in [7, 11) is 3.06. The van der Waals surface area contributed by atoms with Gasteiger partial charge < -0.3 is 9.47 Å². The van der Waals surface area contributed by atoms with E-state index >= 15 is 0 Å². The van der Waals surface area contributed by atoms with Crippen molar-refractivity contribution in [2.24, 2.45) is 0 Å². The third-order valence-corrected chi connectivity index (χ3v) is 6.68. The Labute approximate surface area is 177 Å². The molecule has 0 amide bonds. The molecule has 1 aromatic carbocycles. The van der Waals surface area contributed by atoms with Crippen molar-refractivity contribution in [2.75, 3.05) is 20.0 Å². The van der Waals surface area contributed by atoms with E-state index in [0.717, 1.165) is 10.4 Å². The first-order chi connectivity index (χ1) is 13.9. The van der Waals surface area contributed by atoms with Crippen molar-refractivity contribution in [3.05, 3.63) is 57.2 Å². The second kappa shape index (κ2) is 8.84. The second-order valence-corrected chi connectivity index (χ2v) is 8.49. The van der Waals surface area contributed by atoms with Gasteiger partial charge in [0.25, 0.3) is 5.56 Å². The van der Waals surface area contributed by atoms with Crippen molar-refractivity contribution in [3.63, 3.8) is 0 Å². The molecule has 0 aliphatic heterocycles. The highest BCUT2D eigenvalue weighted by molar-refractivity contribution is 7.99. The highest BCUT2D eigenvalue weighted by Gasteiger charge is 2.19. The summed E-state index contributed by atoms with van der Waals surface area (Å²) in [5, 5.41) is 1.14. The standard InChI is InChI=1S/C21H22N2O4S2/c1-6-9-23-20(25)18-12(2)13(3)29-19(18)22-21(23)28-11-16(24)15-10-14(26-4)7-8-17(15)27-5/h6-8,10H,1,9,11H2,2-5H3. The van der Waals surface area contributed by atoms with Crippen molar-refractivity contribution in [3.8, 4) is 11.5 Å². The fourth-order valence-electron chi connectivity index (χ4n) is 2.95. The summed E-state index contributed by atoms with van der Waals surface area (Å²) >= 11 is 2.72. The van der Waals surface area contributed by atoms with E-state index in [0.29, 0.717) is 39.0 Å². The Kier molecular flexibility index (Phi) is 6.44. The molecule has 2 heterocycles. The van der Waals surface area contributed by atoms with Crippen LogP contribution >= 0.6 is 23.1 Å². The van der Waals surface area contributed by atoms with Gasteiger partial charge in [0.15, 0.2) is 10.9 Å². The molecule has 6 nitrogen and oxygen atoms in total. The van der Waals surface area contributed by atoms with Crippen molar-refractivity contribution < 1.29 is 14.3 Å². The Bertz CT molecular complexity index is 1150. The molecule has 0 radical (unpaired) electrons. The van der Waals surface area contributed by atoms with Gasteiger partial charge in [0, 0.05) is 11.4 Å². The molecule has 0 N–H and O–H groups in total. The Balaban J connectivity index is 1.96. The number of thioether (sulfide) groups is 1. The monoisotopic (exact) mass is 430 g/mol. The maximum absolute atomic E-state index is 13.0. The third-order valence-electron chi connectivity index (χ3n) is 4.60. The SMILES string of the molecule is C=CCn1c(SCC(=O)c2cc(OC)ccc2OC)nc2sc(C)c(C)c2c1=O. The number of carbonyl (C=O) groups is 1. The molecule has 0 unspecified atom stereocenters. The maximum atomic E-state index is 13.0. The molecular weight excluding hydrogens is 408 g/mol. The molecule has 8 heteroatoms. The molecule has 0 aliphatic carbocycles. The van der Waals surface area contributed by atoms with Crippen molar-refractivity contribution in [1.29, 1.82) is 0 Å². The van der Waals surface area contributed by atoms with Crippen LogP contribution in [0.4, 0.5) is 0 Å². The predicted molar refractivity (Wildman–Crippen MR) is 118 cm³/mol. The van der Waals surface area contributed by atoms with Crippen LogP contribution in [0.3, 0.4) is 0 Å². The smallest absolute Gasteiger partial charge is 0.263 e. The van der Waals surface area contributed by atoms with Crippen LogP contribution in [-0.4, -0.2) is 35.3 Å². The number of hydrogen-bond donors (Lipinski definition) is 0. The molecule has 2 aromatic heterocycles. The Morgan fingerprint density at radius 2 is 2.07 bits per heavy atom. The van der Waals surface area contributed by atoms with Gasteiger partial charge in [-0.15, -0.1) is 17.9 Å². The minimum absolute atomic E-state index is 0.106. The molecule has 0 bridgehead atoms. The van der Waals surface area contributed by atoms with Gasteiger partial charge in [-0.3, -0.25) is 14.2 Å². The topological polar surface area (TPSA) is 70.4 Å². The van der Waals surface area contributed by atoms with Crippen LogP contribution in [-0.2, 0) is 6.54 Å². The van der Waals surface area contributed by atoms with E-state index in [-0.39, 0.29) is 17.1 Å². The van der Waals surface area contributed by atoms with E-state index in [1.807, 2.05) is 13.8 Å². The average Bonchev–Trinajstić information content (AvgIpc) is 3.01. The Morgan fingerprint density at radius 1 is 1.31 bits per heavy atom. The van der Waals surface area contributed by atoms with E-state index in [1.54, 1.807) is 36.0 Å². The minimum atomic E-state index is -0.135. The van der Waals surface area contributed by atoms with Crippen molar-refractivity contribution >= 4 is 39.1 Å². The summed E-state index contributed by atoms with van der Waals surface area (Å²) in [6, 6.07) is 5.09. The van der Waals surface area contributed by atoms with Gasteiger partial charge in [-0.2, -0.15) is 0 Å². The highest BCUT2D eigenvalue weighted by atomic mass is 32.2. The van der Waals surface area contributed by atoms with Crippen LogP contribution in [0.25, 0.3) is 10.2 Å². The molecule has 29 heavy (non-hydrogen) atoms. The lowest BCUT2D eigenvalue weighted by Gasteiger charge is -2.12. The van der Waals surface area contributed by atoms with Crippen LogP contribution in [0.2, 0.25) is 0 Å². The van der Waals surface area contributed by atoms with Gasteiger partial charge in [-0.05, 0) is 37.6 Å². The number of nitrogens with zero attached hydrogens (tertiary/aromatic N) is 2. The quantitative estimate of drug-likeness (QED) is 0.230. The molecule has 0 saturated carbocycles. The van der Waals surface area contributed by atoms with Gasteiger partial charge in [-0.1, -0.05) is 17.8 Å². The number of Topliss-reactive ketones (excluding diaryl/α,β-unsaturated/α-hetero) is 1. The summed E-state index contributed by atoms with van der Waals surface area (Å²) in [5.74, 6) is 1.03. The number of hydrogen-bond acceptors (Lipinski definition) is 7. The maximum Gasteiger partial charge on any atom is 0.263 e. The molecule has 0 spiro atoms. The van der Waals surface area contributed by atoms with Gasteiger partial charge in [0.05, 0.1) is 30.9 Å². The first-order valence-electron chi connectivity index (χ1n) is 8.90. The number of thiophene rings is 1. The third kappa shape index (κ3) is 4.09. The first kappa shape index (κ1) is 21.1. The summed E-state index contributed by atoms with van der Waals surface area (Å²) in [4.78, 5) is 32.3. The zero-order chi connectivity index (χ0) is 21.1. The number of rotatable bonds is 8. The van der Waals surface area contributed by atoms with E-state index < -0.39 is 0 Å².